The molecule has 0 bridgehead atoms. The summed E-state index contributed by atoms with van der Waals surface area (Å²) in [7, 11) is -3.05. The van der Waals surface area contributed by atoms with E-state index in [1.54, 1.807) is 4.31 Å². The molecule has 2 aliphatic rings. The van der Waals surface area contributed by atoms with Crippen LogP contribution in [0.15, 0.2) is 0 Å². The van der Waals surface area contributed by atoms with Crippen LogP contribution in [0.2, 0.25) is 0 Å². The molecule has 1 aliphatic carbocycles. The standard InChI is InChI=1S/C11H21NO3S/c1-10-6-12(16(14,15)7-10)8-11(9-13)4-2-3-5-11/h10,13H,2-9H2,1H3. The Balaban J connectivity index is 2.09. The summed E-state index contributed by atoms with van der Waals surface area (Å²) in [6.45, 7) is 3.24. The Morgan fingerprint density at radius 2 is 2.00 bits per heavy atom. The highest BCUT2D eigenvalue weighted by atomic mass is 32.2. The summed E-state index contributed by atoms with van der Waals surface area (Å²) in [6, 6.07) is 0. The monoisotopic (exact) mass is 247 g/mol. The first-order valence-corrected chi connectivity index (χ1v) is 7.67. The van der Waals surface area contributed by atoms with E-state index in [-0.39, 0.29) is 23.7 Å². The zero-order valence-electron chi connectivity index (χ0n) is 9.85. The molecular weight excluding hydrogens is 226 g/mol. The lowest BCUT2D eigenvalue weighted by molar-refractivity contribution is 0.107. The molecule has 94 valence electrons. The van der Waals surface area contributed by atoms with Crippen molar-refractivity contribution in [3.63, 3.8) is 0 Å². The van der Waals surface area contributed by atoms with E-state index in [4.69, 9.17) is 0 Å². The zero-order chi connectivity index (χ0) is 11.8. The lowest BCUT2D eigenvalue weighted by atomic mass is 9.87. The third kappa shape index (κ3) is 2.26. The smallest absolute Gasteiger partial charge is 0.214 e. The average molecular weight is 247 g/mol. The second kappa shape index (κ2) is 4.27. The number of rotatable bonds is 3. The molecule has 1 N–H and O–H groups in total. The Hall–Kier alpha value is -0.130. The second-order valence-corrected chi connectivity index (χ2v) is 7.56. The van der Waals surface area contributed by atoms with Crippen molar-refractivity contribution in [2.45, 2.75) is 32.6 Å². The number of nitrogens with zero attached hydrogens (tertiary/aromatic N) is 1. The van der Waals surface area contributed by atoms with Crippen LogP contribution < -0.4 is 0 Å². The van der Waals surface area contributed by atoms with Gasteiger partial charge in [0.1, 0.15) is 0 Å². The highest BCUT2D eigenvalue weighted by molar-refractivity contribution is 7.89. The van der Waals surface area contributed by atoms with Gasteiger partial charge in [0.05, 0.1) is 5.75 Å². The first-order chi connectivity index (χ1) is 7.47. The van der Waals surface area contributed by atoms with E-state index in [1.807, 2.05) is 6.92 Å². The molecule has 2 rings (SSSR count). The van der Waals surface area contributed by atoms with Gasteiger partial charge in [-0.25, -0.2) is 12.7 Å². The van der Waals surface area contributed by atoms with E-state index >= 15 is 0 Å². The molecule has 1 heterocycles. The third-order valence-corrected chi connectivity index (χ3v) is 5.97. The van der Waals surface area contributed by atoms with Gasteiger partial charge in [-0.05, 0) is 18.8 Å². The minimum absolute atomic E-state index is 0.118. The van der Waals surface area contributed by atoms with Crippen LogP contribution in [0, 0.1) is 11.3 Å². The van der Waals surface area contributed by atoms with Crippen molar-refractivity contribution in [3.8, 4) is 0 Å². The summed E-state index contributed by atoms with van der Waals surface area (Å²) in [4.78, 5) is 0. The molecule has 4 nitrogen and oxygen atoms in total. The van der Waals surface area contributed by atoms with E-state index in [0.29, 0.717) is 13.1 Å². The number of sulfonamides is 1. The van der Waals surface area contributed by atoms with Gasteiger partial charge in [-0.15, -0.1) is 0 Å². The molecule has 16 heavy (non-hydrogen) atoms. The molecule has 1 unspecified atom stereocenters. The average Bonchev–Trinajstić information content (AvgIpc) is 2.73. The van der Waals surface area contributed by atoms with Crippen LogP contribution in [0.1, 0.15) is 32.6 Å². The molecule has 0 amide bonds. The molecule has 5 heteroatoms. The van der Waals surface area contributed by atoms with E-state index < -0.39 is 10.0 Å². The summed E-state index contributed by atoms with van der Waals surface area (Å²) in [5, 5.41) is 9.49. The fraction of sp³-hybridized carbons (Fsp3) is 1.00. The molecule has 1 atom stereocenters. The quantitative estimate of drug-likeness (QED) is 0.803. The van der Waals surface area contributed by atoms with Crippen LogP contribution in [0.4, 0.5) is 0 Å². The SMILES string of the molecule is CC1CN(CC2(CO)CCCC2)S(=O)(=O)C1. The van der Waals surface area contributed by atoms with Crippen molar-refractivity contribution in [3.05, 3.63) is 0 Å². The van der Waals surface area contributed by atoms with Gasteiger partial charge in [-0.3, -0.25) is 0 Å². The highest BCUT2D eigenvalue weighted by Gasteiger charge is 2.41. The van der Waals surface area contributed by atoms with Gasteiger partial charge >= 0.3 is 0 Å². The second-order valence-electron chi connectivity index (χ2n) is 5.54. The molecular formula is C11H21NO3S. The van der Waals surface area contributed by atoms with Crippen molar-refractivity contribution < 1.29 is 13.5 Å². The van der Waals surface area contributed by atoms with Crippen molar-refractivity contribution in [1.29, 1.82) is 0 Å². The van der Waals surface area contributed by atoms with Gasteiger partial charge < -0.3 is 5.11 Å². The normalized spacial score (nSPS) is 33.2. The van der Waals surface area contributed by atoms with Gasteiger partial charge in [0, 0.05) is 25.1 Å². The summed E-state index contributed by atoms with van der Waals surface area (Å²) in [5.41, 5.74) is -0.156. The first kappa shape index (κ1) is 12.3. The molecule has 0 aromatic heterocycles. The molecule has 2 fully saturated rings. The van der Waals surface area contributed by atoms with Gasteiger partial charge in [0.15, 0.2) is 0 Å². The first-order valence-electron chi connectivity index (χ1n) is 6.06. The molecule has 1 saturated heterocycles. The van der Waals surface area contributed by atoms with E-state index in [1.165, 1.54) is 0 Å². The molecule has 1 aliphatic heterocycles. The van der Waals surface area contributed by atoms with E-state index in [9.17, 15) is 13.5 Å². The zero-order valence-corrected chi connectivity index (χ0v) is 10.7. The maximum absolute atomic E-state index is 11.9. The van der Waals surface area contributed by atoms with Crippen LogP contribution in [-0.4, -0.2) is 43.3 Å². The molecule has 0 spiro atoms. The molecule has 0 aromatic rings. The van der Waals surface area contributed by atoms with Gasteiger partial charge in [0.2, 0.25) is 10.0 Å². The Morgan fingerprint density at radius 3 is 2.44 bits per heavy atom. The van der Waals surface area contributed by atoms with Crippen LogP contribution >= 0.6 is 0 Å². The van der Waals surface area contributed by atoms with Crippen LogP contribution in [-0.2, 0) is 10.0 Å². The lowest BCUT2D eigenvalue weighted by Crippen LogP contribution is -2.39. The van der Waals surface area contributed by atoms with Crippen molar-refractivity contribution in [2.24, 2.45) is 11.3 Å². The van der Waals surface area contributed by atoms with Crippen molar-refractivity contribution in [2.75, 3.05) is 25.4 Å². The Morgan fingerprint density at radius 1 is 1.38 bits per heavy atom. The Kier molecular flexibility index (Phi) is 3.29. The lowest BCUT2D eigenvalue weighted by Gasteiger charge is -2.30. The largest absolute Gasteiger partial charge is 0.396 e. The number of aliphatic hydroxyl groups excluding tert-OH is 1. The Bertz CT molecular complexity index is 346. The van der Waals surface area contributed by atoms with Crippen LogP contribution in [0.25, 0.3) is 0 Å². The minimum atomic E-state index is -3.05. The maximum atomic E-state index is 11.9. The number of hydrogen-bond acceptors (Lipinski definition) is 3. The molecule has 0 aromatic carbocycles. The predicted octanol–water partition coefficient (Wildman–Crippen LogP) is 0.821. The minimum Gasteiger partial charge on any atom is -0.396 e. The summed E-state index contributed by atoms with van der Waals surface area (Å²) >= 11 is 0. The fourth-order valence-electron chi connectivity index (χ4n) is 3.01. The third-order valence-electron chi connectivity index (χ3n) is 3.92. The van der Waals surface area contributed by atoms with Crippen LogP contribution in [0.5, 0.6) is 0 Å². The van der Waals surface area contributed by atoms with E-state index in [0.717, 1.165) is 25.7 Å². The summed E-state index contributed by atoms with van der Waals surface area (Å²) < 4.78 is 25.3. The van der Waals surface area contributed by atoms with Gasteiger partial charge in [-0.2, -0.15) is 0 Å². The van der Waals surface area contributed by atoms with Crippen molar-refractivity contribution >= 4 is 10.0 Å². The topological polar surface area (TPSA) is 57.6 Å². The van der Waals surface area contributed by atoms with E-state index in [2.05, 4.69) is 0 Å². The Labute approximate surface area is 97.7 Å². The van der Waals surface area contributed by atoms with Crippen molar-refractivity contribution in [1.82, 2.24) is 4.31 Å². The molecule has 0 radical (unpaired) electrons. The summed E-state index contributed by atoms with van der Waals surface area (Å²) in [5.74, 6) is 0.497. The number of hydrogen-bond donors (Lipinski definition) is 1. The van der Waals surface area contributed by atoms with Gasteiger partial charge in [0.25, 0.3) is 0 Å². The van der Waals surface area contributed by atoms with Gasteiger partial charge in [-0.1, -0.05) is 19.8 Å². The predicted molar refractivity (Wildman–Crippen MR) is 62.5 cm³/mol. The summed E-state index contributed by atoms with van der Waals surface area (Å²) in [6.07, 6.45) is 4.15. The maximum Gasteiger partial charge on any atom is 0.214 e. The number of aliphatic hydroxyl groups is 1. The molecule has 1 saturated carbocycles. The van der Waals surface area contributed by atoms with Crippen LogP contribution in [0.3, 0.4) is 0 Å². The highest BCUT2D eigenvalue weighted by Crippen LogP contribution is 2.39. The fourth-order valence-corrected chi connectivity index (χ4v) is 4.99.